The standard InChI is InChI=1S/C19H26N12O2/c1-4-29(5-2)11-15-16(23-28-31(15)18-17(20)25-33-26-18)19(32)24-21-12(3)10-30-14-9-7-6-8-13(14)22-27-30/h6-8,14H,4-5,9-11H2,1-3H3,(H2,20,25)(H,24,32)/b21-12+. The number of nitrogens with zero attached hydrogens (tertiary/aromatic N) is 10. The number of rotatable bonds is 9. The lowest BCUT2D eigenvalue weighted by Gasteiger charge is -2.22. The Labute approximate surface area is 189 Å². The molecule has 1 aliphatic heterocycles. The molecule has 4 rings (SSSR count). The second-order valence-electron chi connectivity index (χ2n) is 7.58. The van der Waals surface area contributed by atoms with E-state index >= 15 is 0 Å². The lowest BCUT2D eigenvalue weighted by Crippen LogP contribution is -2.33. The van der Waals surface area contributed by atoms with Crippen LogP contribution in [0.4, 0.5) is 5.82 Å². The molecule has 3 heterocycles. The first-order valence-electron chi connectivity index (χ1n) is 10.7. The average molecular weight is 454 g/mol. The number of allylic oxidation sites excluding steroid dienone is 2. The molecule has 1 unspecified atom stereocenters. The van der Waals surface area contributed by atoms with E-state index < -0.39 is 5.91 Å². The first-order valence-corrected chi connectivity index (χ1v) is 10.7. The average Bonchev–Trinajstić information content (AvgIpc) is 3.54. The molecular formula is C19H26N12O2. The van der Waals surface area contributed by atoms with Crippen molar-refractivity contribution in [3.05, 3.63) is 35.3 Å². The molecule has 2 aromatic rings. The molecule has 2 aliphatic rings. The Balaban J connectivity index is 1.50. The monoisotopic (exact) mass is 454 g/mol. The molecule has 0 bridgehead atoms. The second-order valence-corrected chi connectivity index (χ2v) is 7.58. The van der Waals surface area contributed by atoms with Crippen molar-refractivity contribution in [2.75, 3.05) is 25.4 Å². The van der Waals surface area contributed by atoms with Crippen LogP contribution in [-0.2, 0) is 6.54 Å². The number of nitrogens with one attached hydrogen (secondary N) is 1. The van der Waals surface area contributed by atoms with Crippen LogP contribution in [0.25, 0.3) is 5.82 Å². The minimum absolute atomic E-state index is 0.0484. The zero-order chi connectivity index (χ0) is 23.4. The van der Waals surface area contributed by atoms with Crippen molar-refractivity contribution in [2.24, 2.45) is 15.4 Å². The van der Waals surface area contributed by atoms with Gasteiger partial charge in [-0.15, -0.1) is 10.2 Å². The van der Waals surface area contributed by atoms with Crippen LogP contribution < -0.4 is 11.2 Å². The number of fused-ring (bicyclic) bond motifs is 1. The van der Waals surface area contributed by atoms with Gasteiger partial charge in [0.2, 0.25) is 11.6 Å². The van der Waals surface area contributed by atoms with Crippen molar-refractivity contribution in [3.8, 4) is 5.82 Å². The molecule has 3 N–H and O–H groups in total. The largest absolute Gasteiger partial charge is 0.378 e. The van der Waals surface area contributed by atoms with Crippen molar-refractivity contribution in [1.29, 1.82) is 0 Å². The highest BCUT2D eigenvalue weighted by Gasteiger charge is 2.28. The third-order valence-corrected chi connectivity index (χ3v) is 5.42. The van der Waals surface area contributed by atoms with Crippen molar-refractivity contribution in [1.82, 2.24) is 40.6 Å². The van der Waals surface area contributed by atoms with Gasteiger partial charge in [-0.25, -0.2) is 10.1 Å². The first kappa shape index (κ1) is 22.3. The molecule has 0 radical (unpaired) electrons. The molecule has 14 nitrogen and oxygen atoms in total. The molecule has 1 amide bonds. The van der Waals surface area contributed by atoms with Crippen LogP contribution in [0.2, 0.25) is 0 Å². The Morgan fingerprint density at radius 3 is 2.91 bits per heavy atom. The van der Waals surface area contributed by atoms with Gasteiger partial charge in [-0.1, -0.05) is 36.4 Å². The van der Waals surface area contributed by atoms with Crippen LogP contribution in [0, 0.1) is 0 Å². The summed E-state index contributed by atoms with van der Waals surface area (Å²) in [5.74, 6) is -0.275. The van der Waals surface area contributed by atoms with Gasteiger partial charge in [0.05, 0.1) is 29.7 Å². The lowest BCUT2D eigenvalue weighted by atomic mass is 10.1. The van der Waals surface area contributed by atoms with E-state index in [1.54, 1.807) is 0 Å². The number of amides is 1. The SMILES string of the molecule is CCN(CC)Cc1c(C(=O)N/N=C(\C)CN2N=NC3=CC=CCC32)nnn1-c1nonc1N. The molecule has 14 heteroatoms. The summed E-state index contributed by atoms with van der Waals surface area (Å²) in [5, 5.41) is 29.9. The van der Waals surface area contributed by atoms with Gasteiger partial charge >= 0.3 is 0 Å². The maximum absolute atomic E-state index is 12.9. The number of hydrogen-bond acceptors (Lipinski definition) is 12. The fraction of sp³-hybridized carbons (Fsp3) is 0.474. The zero-order valence-corrected chi connectivity index (χ0v) is 18.7. The summed E-state index contributed by atoms with van der Waals surface area (Å²) in [6, 6.07) is 0.0953. The number of aromatic nitrogens is 5. The summed E-state index contributed by atoms with van der Waals surface area (Å²) in [7, 11) is 0. The highest BCUT2D eigenvalue weighted by atomic mass is 16.6. The first-order chi connectivity index (χ1) is 16.0. The van der Waals surface area contributed by atoms with E-state index in [1.165, 1.54) is 4.68 Å². The van der Waals surface area contributed by atoms with E-state index in [-0.39, 0.29) is 23.4 Å². The predicted molar refractivity (Wildman–Crippen MR) is 118 cm³/mol. The topological polar surface area (TPSA) is 168 Å². The van der Waals surface area contributed by atoms with Gasteiger partial charge in [-0.05, 0) is 42.8 Å². The molecule has 0 saturated carbocycles. The van der Waals surface area contributed by atoms with Crippen molar-refractivity contribution in [3.63, 3.8) is 0 Å². The van der Waals surface area contributed by atoms with Gasteiger partial charge in [0, 0.05) is 6.54 Å². The Morgan fingerprint density at radius 1 is 1.36 bits per heavy atom. The van der Waals surface area contributed by atoms with Gasteiger partial charge in [0.15, 0.2) is 5.69 Å². The normalized spacial score (nSPS) is 17.6. The highest BCUT2D eigenvalue weighted by molar-refractivity contribution is 5.94. The van der Waals surface area contributed by atoms with Gasteiger partial charge < -0.3 is 5.73 Å². The van der Waals surface area contributed by atoms with E-state index in [0.29, 0.717) is 24.5 Å². The molecule has 0 spiro atoms. The van der Waals surface area contributed by atoms with E-state index in [4.69, 9.17) is 5.73 Å². The fourth-order valence-corrected chi connectivity index (χ4v) is 3.55. The molecule has 1 aliphatic carbocycles. The molecular weight excluding hydrogens is 428 g/mol. The molecule has 0 fully saturated rings. The number of hydrazone groups is 1. The van der Waals surface area contributed by atoms with E-state index in [0.717, 1.165) is 25.2 Å². The van der Waals surface area contributed by atoms with Crippen LogP contribution in [0.15, 0.2) is 44.0 Å². The molecule has 0 saturated heterocycles. The van der Waals surface area contributed by atoms with Crippen LogP contribution in [0.1, 0.15) is 43.4 Å². The maximum Gasteiger partial charge on any atom is 0.293 e. The Morgan fingerprint density at radius 2 is 2.18 bits per heavy atom. The van der Waals surface area contributed by atoms with Crippen LogP contribution in [0.3, 0.4) is 0 Å². The summed E-state index contributed by atoms with van der Waals surface area (Å²) in [6.07, 6.45) is 6.82. The Hall–Kier alpha value is -3.94. The molecule has 2 aromatic heterocycles. The Bertz CT molecular complexity index is 1120. The second kappa shape index (κ2) is 9.68. The number of carbonyl (C=O) groups is 1. The fourth-order valence-electron chi connectivity index (χ4n) is 3.55. The quantitative estimate of drug-likeness (QED) is 0.416. The number of carbonyl (C=O) groups excluding carboxylic acids is 1. The van der Waals surface area contributed by atoms with Gasteiger partial charge in [0.25, 0.3) is 5.91 Å². The lowest BCUT2D eigenvalue weighted by molar-refractivity contribution is 0.0947. The minimum atomic E-state index is -0.498. The summed E-state index contributed by atoms with van der Waals surface area (Å²) < 4.78 is 6.05. The number of nitrogens with two attached hydrogens (primary N) is 1. The number of hydrogen-bond donors (Lipinski definition) is 2. The summed E-state index contributed by atoms with van der Waals surface area (Å²) >= 11 is 0. The summed E-state index contributed by atoms with van der Waals surface area (Å²) in [6.45, 7) is 8.22. The minimum Gasteiger partial charge on any atom is -0.378 e. The van der Waals surface area contributed by atoms with Gasteiger partial charge in [-0.3, -0.25) is 14.7 Å². The third-order valence-electron chi connectivity index (χ3n) is 5.42. The molecule has 1 atom stereocenters. The third kappa shape index (κ3) is 4.64. The van der Waals surface area contributed by atoms with Crippen molar-refractivity contribution in [2.45, 2.75) is 39.8 Å². The smallest absolute Gasteiger partial charge is 0.293 e. The highest BCUT2D eigenvalue weighted by Crippen LogP contribution is 2.26. The van der Waals surface area contributed by atoms with E-state index in [2.05, 4.69) is 57.1 Å². The summed E-state index contributed by atoms with van der Waals surface area (Å²) in [4.78, 5) is 15.0. The molecule has 33 heavy (non-hydrogen) atoms. The number of nitrogen functional groups attached to an aromatic ring is 1. The van der Waals surface area contributed by atoms with E-state index in [9.17, 15) is 4.79 Å². The maximum atomic E-state index is 12.9. The van der Waals surface area contributed by atoms with Crippen molar-refractivity contribution >= 4 is 17.4 Å². The van der Waals surface area contributed by atoms with Crippen LogP contribution >= 0.6 is 0 Å². The van der Waals surface area contributed by atoms with Crippen molar-refractivity contribution < 1.29 is 9.42 Å². The number of anilines is 1. The van der Waals surface area contributed by atoms with E-state index in [1.807, 2.05) is 37.9 Å². The van der Waals surface area contributed by atoms with Crippen LogP contribution in [-0.4, -0.2) is 72.5 Å². The zero-order valence-electron chi connectivity index (χ0n) is 18.7. The predicted octanol–water partition coefficient (Wildman–Crippen LogP) is 1.08. The molecule has 174 valence electrons. The Kier molecular flexibility index (Phi) is 6.53. The van der Waals surface area contributed by atoms with Gasteiger partial charge in [0.1, 0.15) is 0 Å². The van der Waals surface area contributed by atoms with Gasteiger partial charge in [-0.2, -0.15) is 9.78 Å². The molecule has 0 aromatic carbocycles. The van der Waals surface area contributed by atoms with Crippen LogP contribution in [0.5, 0.6) is 0 Å². The summed E-state index contributed by atoms with van der Waals surface area (Å²) in [5.41, 5.74) is 10.6.